The first-order valence-electron chi connectivity index (χ1n) is 7.54. The molecule has 2 heterocycles. The first kappa shape index (κ1) is 16.5. The van der Waals surface area contributed by atoms with Gasteiger partial charge in [0, 0.05) is 25.2 Å². The van der Waals surface area contributed by atoms with Gasteiger partial charge in [-0.15, -0.1) is 0 Å². The summed E-state index contributed by atoms with van der Waals surface area (Å²) >= 11 is 0. The molecule has 0 aliphatic carbocycles. The van der Waals surface area contributed by atoms with Crippen molar-refractivity contribution in [3.05, 3.63) is 17.5 Å². The molecule has 0 radical (unpaired) electrons. The zero-order valence-electron chi connectivity index (χ0n) is 13.5. The van der Waals surface area contributed by atoms with Crippen molar-refractivity contribution in [3.63, 3.8) is 0 Å². The van der Waals surface area contributed by atoms with Crippen LogP contribution in [0, 0.1) is 13.8 Å². The molecule has 7 nitrogen and oxygen atoms in total. The van der Waals surface area contributed by atoms with Crippen LogP contribution < -0.4 is 5.73 Å². The van der Waals surface area contributed by atoms with Crippen molar-refractivity contribution >= 4 is 11.8 Å². The molecule has 1 aromatic heterocycles. The molecule has 1 fully saturated rings. The van der Waals surface area contributed by atoms with Gasteiger partial charge in [0.05, 0.1) is 18.8 Å². The Morgan fingerprint density at radius 1 is 1.45 bits per heavy atom. The fourth-order valence-corrected chi connectivity index (χ4v) is 2.67. The summed E-state index contributed by atoms with van der Waals surface area (Å²) in [4.78, 5) is 25.4. The maximum atomic E-state index is 12.3. The highest BCUT2D eigenvalue weighted by molar-refractivity contribution is 5.85. The normalized spacial score (nSPS) is 21.9. The molecule has 0 aromatic carbocycles. The lowest BCUT2D eigenvalue weighted by Crippen LogP contribution is -2.58. The summed E-state index contributed by atoms with van der Waals surface area (Å²) < 4.78 is 7.33. The lowest BCUT2D eigenvalue weighted by atomic mass is 10.0. The lowest BCUT2D eigenvalue weighted by Gasteiger charge is -2.38. The number of hydrogen-bond acceptors (Lipinski definition) is 4. The summed E-state index contributed by atoms with van der Waals surface area (Å²) in [5, 5.41) is 4.38. The Bertz CT molecular complexity index is 569. The van der Waals surface area contributed by atoms with E-state index in [2.05, 4.69) is 5.10 Å². The molecule has 122 valence electrons. The molecule has 2 rings (SSSR count). The summed E-state index contributed by atoms with van der Waals surface area (Å²) in [5.41, 5.74) is 6.34. The molecule has 1 unspecified atom stereocenters. The highest BCUT2D eigenvalue weighted by atomic mass is 16.5. The molecule has 1 aromatic rings. The third kappa shape index (κ3) is 3.65. The summed E-state index contributed by atoms with van der Waals surface area (Å²) in [7, 11) is 0. The molecular weight excluding hydrogens is 284 g/mol. The van der Waals surface area contributed by atoms with Gasteiger partial charge < -0.3 is 15.4 Å². The van der Waals surface area contributed by atoms with E-state index in [0.29, 0.717) is 32.5 Å². The molecule has 22 heavy (non-hydrogen) atoms. The Labute approximate surface area is 130 Å². The zero-order valence-corrected chi connectivity index (χ0v) is 13.5. The molecule has 0 saturated carbocycles. The molecule has 0 spiro atoms. The maximum Gasteiger partial charge on any atom is 0.251 e. The standard InChI is InChI=1S/C15H24N4O3/c1-11-9-12(2)19(17-11)6-4-5-13(20)18-7-8-22-15(3,10-18)14(16)21/h9H,4-8,10H2,1-3H3,(H2,16,21). The predicted octanol–water partition coefficient (Wildman–Crippen LogP) is 0.383. The Kier molecular flexibility index (Phi) is 4.85. The number of carbonyl (C=O) groups is 2. The van der Waals surface area contributed by atoms with E-state index < -0.39 is 11.5 Å². The number of nitrogens with zero attached hydrogens (tertiary/aromatic N) is 3. The first-order chi connectivity index (χ1) is 10.3. The van der Waals surface area contributed by atoms with Gasteiger partial charge in [-0.2, -0.15) is 5.10 Å². The minimum Gasteiger partial charge on any atom is -0.367 e. The monoisotopic (exact) mass is 308 g/mol. The third-order valence-corrected chi connectivity index (χ3v) is 4.01. The van der Waals surface area contributed by atoms with Gasteiger partial charge in [-0.05, 0) is 33.3 Å². The molecule has 7 heteroatoms. The fourth-order valence-electron chi connectivity index (χ4n) is 2.67. The van der Waals surface area contributed by atoms with Crippen molar-refractivity contribution < 1.29 is 14.3 Å². The van der Waals surface area contributed by atoms with Gasteiger partial charge in [0.2, 0.25) is 5.91 Å². The van der Waals surface area contributed by atoms with E-state index in [9.17, 15) is 9.59 Å². The van der Waals surface area contributed by atoms with Crippen molar-refractivity contribution in [2.45, 2.75) is 45.8 Å². The molecule has 1 saturated heterocycles. The number of aromatic nitrogens is 2. The minimum absolute atomic E-state index is 0.0253. The van der Waals surface area contributed by atoms with Crippen LogP contribution in [-0.2, 0) is 20.9 Å². The predicted molar refractivity (Wildman–Crippen MR) is 81.1 cm³/mol. The van der Waals surface area contributed by atoms with Crippen molar-refractivity contribution in [1.29, 1.82) is 0 Å². The molecular formula is C15H24N4O3. The number of morpholine rings is 1. The molecule has 1 atom stereocenters. The lowest BCUT2D eigenvalue weighted by molar-refractivity contribution is -0.160. The highest BCUT2D eigenvalue weighted by Gasteiger charge is 2.38. The van der Waals surface area contributed by atoms with Crippen LogP contribution in [0.2, 0.25) is 0 Å². The molecule has 0 bridgehead atoms. The molecule has 2 N–H and O–H groups in total. The quantitative estimate of drug-likeness (QED) is 0.851. The Hall–Kier alpha value is -1.89. The van der Waals surface area contributed by atoms with Crippen LogP contribution in [0.3, 0.4) is 0 Å². The number of rotatable bonds is 5. The third-order valence-electron chi connectivity index (χ3n) is 4.01. The second-order valence-electron chi connectivity index (χ2n) is 6.01. The number of primary amides is 1. The Morgan fingerprint density at radius 2 is 2.18 bits per heavy atom. The number of ether oxygens (including phenoxy) is 1. The van der Waals surface area contributed by atoms with Gasteiger partial charge in [0.15, 0.2) is 5.60 Å². The van der Waals surface area contributed by atoms with E-state index in [1.54, 1.807) is 11.8 Å². The maximum absolute atomic E-state index is 12.3. The Morgan fingerprint density at radius 3 is 2.77 bits per heavy atom. The minimum atomic E-state index is -1.08. The van der Waals surface area contributed by atoms with Crippen LogP contribution in [0.1, 0.15) is 31.2 Å². The second-order valence-corrected chi connectivity index (χ2v) is 6.01. The topological polar surface area (TPSA) is 90.5 Å². The molecule has 1 aliphatic heterocycles. The number of nitrogens with two attached hydrogens (primary N) is 1. The van der Waals surface area contributed by atoms with E-state index in [4.69, 9.17) is 10.5 Å². The van der Waals surface area contributed by atoms with Crippen LogP contribution >= 0.6 is 0 Å². The summed E-state index contributed by atoms with van der Waals surface area (Å²) in [6.45, 7) is 7.36. The first-order valence-corrected chi connectivity index (χ1v) is 7.54. The van der Waals surface area contributed by atoms with E-state index in [-0.39, 0.29) is 12.5 Å². The van der Waals surface area contributed by atoms with Crippen LogP contribution in [0.5, 0.6) is 0 Å². The van der Waals surface area contributed by atoms with Gasteiger partial charge in [0.1, 0.15) is 0 Å². The number of carbonyl (C=O) groups excluding carboxylic acids is 2. The number of hydrogen-bond donors (Lipinski definition) is 1. The number of amides is 2. The molecule has 2 amide bonds. The number of aryl methyl sites for hydroxylation is 3. The van der Waals surface area contributed by atoms with Crippen molar-refractivity contribution in [1.82, 2.24) is 14.7 Å². The second kappa shape index (κ2) is 6.48. The van der Waals surface area contributed by atoms with Gasteiger partial charge >= 0.3 is 0 Å². The van der Waals surface area contributed by atoms with Crippen molar-refractivity contribution in [2.24, 2.45) is 5.73 Å². The largest absolute Gasteiger partial charge is 0.367 e. The van der Waals surface area contributed by atoms with E-state index in [0.717, 1.165) is 11.4 Å². The smallest absolute Gasteiger partial charge is 0.251 e. The fraction of sp³-hybridized carbons (Fsp3) is 0.667. The highest BCUT2D eigenvalue weighted by Crippen LogP contribution is 2.18. The molecule has 1 aliphatic rings. The van der Waals surface area contributed by atoms with Crippen molar-refractivity contribution in [2.75, 3.05) is 19.7 Å². The summed E-state index contributed by atoms with van der Waals surface area (Å²) in [6, 6.07) is 2.02. The van der Waals surface area contributed by atoms with Crippen LogP contribution in [0.4, 0.5) is 0 Å². The SMILES string of the molecule is Cc1cc(C)n(CCCC(=O)N2CCOC(C)(C(N)=O)C2)n1. The van der Waals surface area contributed by atoms with Gasteiger partial charge in [0.25, 0.3) is 5.91 Å². The van der Waals surface area contributed by atoms with Gasteiger partial charge in [-0.25, -0.2) is 0 Å². The van der Waals surface area contributed by atoms with E-state index >= 15 is 0 Å². The average Bonchev–Trinajstić information content (AvgIpc) is 2.77. The average molecular weight is 308 g/mol. The summed E-state index contributed by atoms with van der Waals surface area (Å²) in [5.74, 6) is -0.509. The summed E-state index contributed by atoms with van der Waals surface area (Å²) in [6.07, 6.45) is 1.14. The van der Waals surface area contributed by atoms with E-state index in [1.165, 1.54) is 0 Å². The van der Waals surface area contributed by atoms with Crippen LogP contribution in [0.25, 0.3) is 0 Å². The van der Waals surface area contributed by atoms with Gasteiger partial charge in [-0.1, -0.05) is 0 Å². The van der Waals surface area contributed by atoms with Crippen LogP contribution in [-0.4, -0.2) is 51.8 Å². The van der Waals surface area contributed by atoms with Crippen molar-refractivity contribution in [3.8, 4) is 0 Å². The Balaban J connectivity index is 1.84. The van der Waals surface area contributed by atoms with Crippen LogP contribution in [0.15, 0.2) is 6.07 Å². The van der Waals surface area contributed by atoms with Gasteiger partial charge in [-0.3, -0.25) is 14.3 Å². The van der Waals surface area contributed by atoms with E-state index in [1.807, 2.05) is 24.6 Å². The zero-order chi connectivity index (χ0) is 16.3.